The van der Waals surface area contributed by atoms with Crippen molar-refractivity contribution in [2.45, 2.75) is 30.7 Å². The Morgan fingerprint density at radius 3 is 2.64 bits per heavy atom. The highest BCUT2D eigenvalue weighted by atomic mass is 32.2. The summed E-state index contributed by atoms with van der Waals surface area (Å²) in [6.45, 7) is 3.76. The first-order valence-electron chi connectivity index (χ1n) is 8.28. The van der Waals surface area contributed by atoms with Crippen LogP contribution in [0.3, 0.4) is 0 Å². The highest BCUT2D eigenvalue weighted by Crippen LogP contribution is 2.31. The molecule has 0 aromatic heterocycles. The quantitative estimate of drug-likeness (QED) is 0.566. The monoisotopic (exact) mass is 371 g/mol. The van der Waals surface area contributed by atoms with Gasteiger partial charge in [-0.15, -0.1) is 0 Å². The first-order valence-corrected chi connectivity index (χ1v) is 9.76. The largest absolute Gasteiger partial charge is 0.490 e. The van der Waals surface area contributed by atoms with Crippen LogP contribution in [0.25, 0.3) is 0 Å². The molecule has 25 heavy (non-hydrogen) atoms. The molecule has 1 heterocycles. The molecule has 3 N–H and O–H groups in total. The van der Waals surface area contributed by atoms with Gasteiger partial charge in [-0.1, -0.05) is 0 Å². The number of hydrogen-bond donors (Lipinski definition) is 3. The summed E-state index contributed by atoms with van der Waals surface area (Å²) in [7, 11) is -2.02. The molecule has 1 aliphatic heterocycles. The predicted octanol–water partition coefficient (Wildman–Crippen LogP) is 0.240. The molecule has 0 saturated carbocycles. The Labute approximate surface area is 148 Å². The number of carbonyl (C=O) groups excluding carboxylic acids is 1. The molecule has 0 saturated heterocycles. The molecular weight excluding hydrogens is 346 g/mol. The van der Waals surface area contributed by atoms with Gasteiger partial charge in [0.1, 0.15) is 0 Å². The van der Waals surface area contributed by atoms with Crippen molar-refractivity contribution < 1.29 is 22.7 Å². The summed E-state index contributed by atoms with van der Waals surface area (Å²) >= 11 is 0. The molecule has 0 spiro atoms. The van der Waals surface area contributed by atoms with Crippen LogP contribution in [-0.4, -0.2) is 53.7 Å². The van der Waals surface area contributed by atoms with Gasteiger partial charge in [-0.05, 0) is 39.1 Å². The van der Waals surface area contributed by atoms with E-state index in [2.05, 4.69) is 15.4 Å². The Morgan fingerprint density at radius 2 is 1.92 bits per heavy atom. The summed E-state index contributed by atoms with van der Waals surface area (Å²) in [5.74, 6) is 0.547. The predicted molar refractivity (Wildman–Crippen MR) is 93.4 cm³/mol. The van der Waals surface area contributed by atoms with Crippen molar-refractivity contribution in [2.24, 2.45) is 0 Å². The van der Waals surface area contributed by atoms with Crippen LogP contribution in [0.4, 0.5) is 0 Å². The maximum atomic E-state index is 12.5. The van der Waals surface area contributed by atoms with Crippen molar-refractivity contribution in [1.82, 2.24) is 15.4 Å². The number of carbonyl (C=O) groups is 1. The molecule has 1 unspecified atom stereocenters. The van der Waals surface area contributed by atoms with Crippen molar-refractivity contribution in [1.29, 1.82) is 0 Å². The first-order chi connectivity index (χ1) is 11.9. The van der Waals surface area contributed by atoms with Crippen molar-refractivity contribution in [3.63, 3.8) is 0 Å². The van der Waals surface area contributed by atoms with Crippen molar-refractivity contribution in [3.8, 4) is 11.5 Å². The minimum absolute atomic E-state index is 0.0339. The van der Waals surface area contributed by atoms with Gasteiger partial charge in [0, 0.05) is 19.0 Å². The molecule has 9 heteroatoms. The van der Waals surface area contributed by atoms with Gasteiger partial charge in [0.15, 0.2) is 11.5 Å². The van der Waals surface area contributed by atoms with Crippen LogP contribution in [0.5, 0.6) is 11.5 Å². The third kappa shape index (κ3) is 5.58. The second-order valence-corrected chi connectivity index (χ2v) is 7.46. The van der Waals surface area contributed by atoms with E-state index < -0.39 is 16.1 Å². The van der Waals surface area contributed by atoms with Gasteiger partial charge in [0.05, 0.1) is 24.2 Å². The summed E-state index contributed by atoms with van der Waals surface area (Å²) in [6.07, 6.45) is 1.50. The van der Waals surface area contributed by atoms with E-state index in [9.17, 15) is 13.2 Å². The Kier molecular flexibility index (Phi) is 7.03. The van der Waals surface area contributed by atoms with E-state index in [1.807, 2.05) is 7.05 Å². The van der Waals surface area contributed by atoms with E-state index in [0.717, 1.165) is 19.4 Å². The molecule has 1 aliphatic rings. The standard InChI is InChI=1S/C16H25N3O5S/c1-12(16(20)18-8-3-7-17-2)19-25(21,22)13-5-6-14-15(11-13)24-10-4-9-23-14/h5-6,11-12,17,19H,3-4,7-10H2,1-2H3,(H,18,20). The first kappa shape index (κ1) is 19.5. The normalized spacial score (nSPS) is 15.3. The molecule has 0 bridgehead atoms. The molecular formula is C16H25N3O5S. The van der Waals surface area contributed by atoms with Gasteiger partial charge in [-0.2, -0.15) is 4.72 Å². The number of benzene rings is 1. The molecule has 1 amide bonds. The summed E-state index contributed by atoms with van der Waals surface area (Å²) in [5.41, 5.74) is 0. The highest BCUT2D eigenvalue weighted by Gasteiger charge is 2.23. The van der Waals surface area contributed by atoms with E-state index in [0.29, 0.717) is 31.3 Å². The maximum Gasteiger partial charge on any atom is 0.241 e. The Bertz CT molecular complexity index is 693. The number of ether oxygens (including phenoxy) is 2. The van der Waals surface area contributed by atoms with Gasteiger partial charge in [0.2, 0.25) is 15.9 Å². The van der Waals surface area contributed by atoms with E-state index in [-0.39, 0.29) is 10.8 Å². The number of amides is 1. The molecule has 1 aromatic carbocycles. The van der Waals surface area contributed by atoms with Gasteiger partial charge < -0.3 is 20.1 Å². The average molecular weight is 371 g/mol. The smallest absolute Gasteiger partial charge is 0.241 e. The minimum Gasteiger partial charge on any atom is -0.490 e. The Balaban J connectivity index is 2.01. The molecule has 1 aromatic rings. The maximum absolute atomic E-state index is 12.5. The van der Waals surface area contributed by atoms with Crippen molar-refractivity contribution in [3.05, 3.63) is 18.2 Å². The third-order valence-electron chi connectivity index (χ3n) is 3.66. The molecule has 2 rings (SSSR count). The van der Waals surface area contributed by atoms with Gasteiger partial charge in [0.25, 0.3) is 0 Å². The number of fused-ring (bicyclic) bond motifs is 1. The van der Waals surface area contributed by atoms with Crippen LogP contribution in [-0.2, 0) is 14.8 Å². The van der Waals surface area contributed by atoms with Gasteiger partial charge in [-0.3, -0.25) is 4.79 Å². The second kappa shape index (κ2) is 9.02. The number of nitrogens with one attached hydrogen (secondary N) is 3. The van der Waals surface area contributed by atoms with E-state index >= 15 is 0 Å². The molecule has 0 fully saturated rings. The lowest BCUT2D eigenvalue weighted by Gasteiger charge is -2.15. The third-order valence-corrected chi connectivity index (χ3v) is 5.20. The van der Waals surface area contributed by atoms with Crippen LogP contribution < -0.4 is 24.8 Å². The van der Waals surface area contributed by atoms with E-state index in [1.54, 1.807) is 6.07 Å². The zero-order valence-corrected chi connectivity index (χ0v) is 15.3. The van der Waals surface area contributed by atoms with Crippen LogP contribution in [0.1, 0.15) is 19.8 Å². The number of hydrogen-bond acceptors (Lipinski definition) is 6. The van der Waals surface area contributed by atoms with Crippen molar-refractivity contribution in [2.75, 3.05) is 33.4 Å². The van der Waals surface area contributed by atoms with Gasteiger partial charge in [-0.25, -0.2) is 8.42 Å². The molecule has 0 aliphatic carbocycles. The fourth-order valence-electron chi connectivity index (χ4n) is 2.29. The lowest BCUT2D eigenvalue weighted by molar-refractivity contribution is -0.122. The summed E-state index contributed by atoms with van der Waals surface area (Å²) in [6, 6.07) is 3.54. The molecule has 8 nitrogen and oxygen atoms in total. The summed E-state index contributed by atoms with van der Waals surface area (Å²) in [5, 5.41) is 5.67. The summed E-state index contributed by atoms with van der Waals surface area (Å²) < 4.78 is 38.4. The SMILES string of the molecule is CNCCCNC(=O)C(C)NS(=O)(=O)c1ccc2c(c1)OCCCO2. The van der Waals surface area contributed by atoms with Gasteiger partial charge >= 0.3 is 0 Å². The fraction of sp³-hybridized carbons (Fsp3) is 0.562. The molecule has 140 valence electrons. The van der Waals surface area contributed by atoms with Crippen molar-refractivity contribution >= 4 is 15.9 Å². The van der Waals surface area contributed by atoms with Crippen LogP contribution in [0.15, 0.2) is 23.1 Å². The number of sulfonamides is 1. The molecule has 1 atom stereocenters. The van der Waals surface area contributed by atoms with Crippen LogP contribution >= 0.6 is 0 Å². The number of rotatable bonds is 8. The Morgan fingerprint density at radius 1 is 1.20 bits per heavy atom. The molecule has 0 radical (unpaired) electrons. The van der Waals surface area contributed by atoms with E-state index in [4.69, 9.17) is 9.47 Å². The summed E-state index contributed by atoms with van der Waals surface area (Å²) in [4.78, 5) is 12.0. The van der Waals surface area contributed by atoms with Crippen LogP contribution in [0, 0.1) is 0 Å². The van der Waals surface area contributed by atoms with E-state index in [1.165, 1.54) is 19.1 Å². The second-order valence-electron chi connectivity index (χ2n) is 5.75. The average Bonchev–Trinajstić information content (AvgIpc) is 2.82. The topological polar surface area (TPSA) is 106 Å². The lowest BCUT2D eigenvalue weighted by Crippen LogP contribution is -2.45. The zero-order chi connectivity index (χ0) is 18.3. The lowest BCUT2D eigenvalue weighted by atomic mass is 10.3. The Hall–Kier alpha value is -1.84. The minimum atomic E-state index is -3.84. The van der Waals surface area contributed by atoms with Crippen LogP contribution in [0.2, 0.25) is 0 Å². The highest BCUT2D eigenvalue weighted by molar-refractivity contribution is 7.89. The zero-order valence-electron chi connectivity index (χ0n) is 14.5. The fourth-order valence-corrected chi connectivity index (χ4v) is 3.51.